The van der Waals surface area contributed by atoms with Crippen LogP contribution in [0.25, 0.3) is 5.57 Å². The highest BCUT2D eigenvalue weighted by Crippen LogP contribution is 2.56. The first kappa shape index (κ1) is 19.6. The van der Waals surface area contributed by atoms with Crippen molar-refractivity contribution in [2.24, 2.45) is 17.3 Å². The quantitative estimate of drug-likeness (QED) is 0.538. The maximum atomic E-state index is 5.76. The molecule has 0 radical (unpaired) electrons. The standard InChI is InChI=1S/C26H36O2/c1-27-23-16-9-17-24(28-2)25(23)20-11-10-18-26(19-20,21-12-5-3-6-13-21)22-14-7-4-8-15-22/h9-11,16-18,21-22H,3-8,12-15,19H2,1-2H3. The molecule has 0 aliphatic heterocycles. The van der Waals surface area contributed by atoms with E-state index in [9.17, 15) is 0 Å². The van der Waals surface area contributed by atoms with Gasteiger partial charge in [-0.15, -0.1) is 0 Å². The van der Waals surface area contributed by atoms with E-state index in [1.165, 1.54) is 69.8 Å². The van der Waals surface area contributed by atoms with Gasteiger partial charge in [-0.25, -0.2) is 0 Å². The number of hydrogen-bond donors (Lipinski definition) is 0. The molecule has 4 rings (SSSR count). The molecule has 2 saturated carbocycles. The van der Waals surface area contributed by atoms with Crippen molar-refractivity contribution >= 4 is 5.57 Å². The minimum absolute atomic E-state index is 0.316. The number of allylic oxidation sites excluding steroid dienone is 4. The first-order chi connectivity index (χ1) is 13.8. The zero-order chi connectivity index (χ0) is 19.4. The first-order valence-electron chi connectivity index (χ1n) is 11.4. The molecule has 152 valence electrons. The third-order valence-corrected chi connectivity index (χ3v) is 7.68. The average molecular weight is 381 g/mol. The molecule has 0 heterocycles. The second-order valence-corrected chi connectivity index (χ2v) is 9.05. The van der Waals surface area contributed by atoms with Gasteiger partial charge in [0.25, 0.3) is 0 Å². The van der Waals surface area contributed by atoms with Crippen molar-refractivity contribution in [3.05, 3.63) is 42.0 Å². The molecule has 0 saturated heterocycles. The Morgan fingerprint density at radius 1 is 0.786 bits per heavy atom. The largest absolute Gasteiger partial charge is 0.496 e. The minimum Gasteiger partial charge on any atom is -0.496 e. The summed E-state index contributed by atoms with van der Waals surface area (Å²) in [5.74, 6) is 3.51. The van der Waals surface area contributed by atoms with Crippen LogP contribution in [0.2, 0.25) is 0 Å². The van der Waals surface area contributed by atoms with Gasteiger partial charge in [0.2, 0.25) is 0 Å². The van der Waals surface area contributed by atoms with Crippen molar-refractivity contribution in [2.75, 3.05) is 14.2 Å². The number of rotatable bonds is 5. The number of methoxy groups -OCH3 is 2. The molecule has 0 atom stereocenters. The Labute approximate surface area is 171 Å². The maximum Gasteiger partial charge on any atom is 0.130 e. The summed E-state index contributed by atoms with van der Waals surface area (Å²) in [6.07, 6.45) is 22.5. The molecule has 0 spiro atoms. The minimum atomic E-state index is 0.316. The van der Waals surface area contributed by atoms with Crippen LogP contribution in [0.5, 0.6) is 11.5 Å². The highest BCUT2D eigenvalue weighted by atomic mass is 16.5. The third-order valence-electron chi connectivity index (χ3n) is 7.68. The fourth-order valence-electron chi connectivity index (χ4n) is 6.30. The topological polar surface area (TPSA) is 18.5 Å². The molecule has 0 aromatic heterocycles. The lowest BCUT2D eigenvalue weighted by molar-refractivity contribution is 0.0727. The second kappa shape index (κ2) is 8.76. The Bertz CT molecular complexity index is 678. The molecular formula is C26H36O2. The Balaban J connectivity index is 1.73. The summed E-state index contributed by atoms with van der Waals surface area (Å²) < 4.78 is 11.5. The van der Waals surface area contributed by atoms with Gasteiger partial charge in [-0.1, -0.05) is 62.8 Å². The van der Waals surface area contributed by atoms with Crippen LogP contribution in [0.1, 0.15) is 76.2 Å². The van der Waals surface area contributed by atoms with Gasteiger partial charge in [-0.2, -0.15) is 0 Å². The normalized spacial score (nSPS) is 23.3. The van der Waals surface area contributed by atoms with Crippen molar-refractivity contribution in [1.29, 1.82) is 0 Å². The van der Waals surface area contributed by atoms with Gasteiger partial charge < -0.3 is 9.47 Å². The van der Waals surface area contributed by atoms with E-state index >= 15 is 0 Å². The predicted molar refractivity (Wildman–Crippen MR) is 117 cm³/mol. The fraction of sp³-hybridized carbons (Fsp3) is 0.615. The Kier molecular flexibility index (Phi) is 6.13. The molecule has 1 aromatic rings. The highest BCUT2D eigenvalue weighted by Gasteiger charge is 2.45. The molecule has 0 bridgehead atoms. The van der Waals surface area contributed by atoms with Gasteiger partial charge in [-0.05, 0) is 67.1 Å². The van der Waals surface area contributed by atoms with Gasteiger partial charge in [0.05, 0.1) is 19.8 Å². The van der Waals surface area contributed by atoms with Crippen LogP contribution in [0, 0.1) is 17.3 Å². The van der Waals surface area contributed by atoms with E-state index in [2.05, 4.69) is 30.4 Å². The van der Waals surface area contributed by atoms with E-state index in [1.54, 1.807) is 14.2 Å². The zero-order valence-electron chi connectivity index (χ0n) is 17.7. The van der Waals surface area contributed by atoms with Crippen LogP contribution >= 0.6 is 0 Å². The predicted octanol–water partition coefficient (Wildman–Crippen LogP) is 7.19. The lowest BCUT2D eigenvalue weighted by Gasteiger charge is -2.49. The zero-order valence-corrected chi connectivity index (χ0v) is 17.7. The number of hydrogen-bond acceptors (Lipinski definition) is 2. The van der Waals surface area contributed by atoms with Crippen molar-refractivity contribution in [1.82, 2.24) is 0 Å². The molecule has 2 nitrogen and oxygen atoms in total. The SMILES string of the molecule is COc1cccc(OC)c1C1=CC=CC(C2CCCCC2)(C2CCCCC2)C1. The Hall–Kier alpha value is -1.70. The Morgan fingerprint density at radius 3 is 1.82 bits per heavy atom. The van der Waals surface area contributed by atoms with Crippen molar-refractivity contribution < 1.29 is 9.47 Å². The molecule has 2 heteroatoms. The molecule has 2 fully saturated rings. The molecule has 0 unspecified atom stereocenters. The smallest absolute Gasteiger partial charge is 0.130 e. The highest BCUT2D eigenvalue weighted by molar-refractivity contribution is 5.78. The van der Waals surface area contributed by atoms with Gasteiger partial charge in [0.15, 0.2) is 0 Å². The van der Waals surface area contributed by atoms with Crippen molar-refractivity contribution in [2.45, 2.75) is 70.6 Å². The molecule has 3 aliphatic rings. The van der Waals surface area contributed by atoms with Crippen LogP contribution in [0.15, 0.2) is 36.4 Å². The average Bonchev–Trinajstić information content (AvgIpc) is 2.79. The van der Waals surface area contributed by atoms with Gasteiger partial charge in [0.1, 0.15) is 11.5 Å². The van der Waals surface area contributed by atoms with Crippen LogP contribution in [0.3, 0.4) is 0 Å². The van der Waals surface area contributed by atoms with Crippen LogP contribution in [0.4, 0.5) is 0 Å². The molecule has 0 amide bonds. The van der Waals surface area contributed by atoms with E-state index in [-0.39, 0.29) is 0 Å². The third kappa shape index (κ3) is 3.63. The summed E-state index contributed by atoms with van der Waals surface area (Å²) in [5, 5.41) is 0. The molecular weight excluding hydrogens is 344 g/mol. The van der Waals surface area contributed by atoms with E-state index < -0.39 is 0 Å². The Morgan fingerprint density at radius 2 is 1.32 bits per heavy atom. The summed E-state index contributed by atoms with van der Waals surface area (Å²) in [6, 6.07) is 6.16. The summed E-state index contributed by atoms with van der Waals surface area (Å²) in [4.78, 5) is 0. The van der Waals surface area contributed by atoms with Gasteiger partial charge in [0, 0.05) is 0 Å². The number of benzene rings is 1. The monoisotopic (exact) mass is 380 g/mol. The lowest BCUT2D eigenvalue weighted by Crippen LogP contribution is -2.40. The number of ether oxygens (including phenoxy) is 2. The van der Waals surface area contributed by atoms with Gasteiger partial charge in [-0.3, -0.25) is 0 Å². The molecule has 3 aliphatic carbocycles. The molecule has 0 N–H and O–H groups in total. The van der Waals surface area contributed by atoms with E-state index in [0.29, 0.717) is 5.41 Å². The van der Waals surface area contributed by atoms with Crippen LogP contribution in [-0.4, -0.2) is 14.2 Å². The summed E-state index contributed by atoms with van der Waals surface area (Å²) in [5.41, 5.74) is 2.87. The maximum absolute atomic E-state index is 5.76. The van der Waals surface area contributed by atoms with Crippen LogP contribution < -0.4 is 9.47 Å². The van der Waals surface area contributed by atoms with E-state index in [0.717, 1.165) is 35.3 Å². The van der Waals surface area contributed by atoms with Crippen molar-refractivity contribution in [3.8, 4) is 11.5 Å². The van der Waals surface area contributed by atoms with E-state index in [1.807, 2.05) is 6.07 Å². The molecule has 1 aromatic carbocycles. The van der Waals surface area contributed by atoms with Crippen LogP contribution in [-0.2, 0) is 0 Å². The molecule has 28 heavy (non-hydrogen) atoms. The van der Waals surface area contributed by atoms with E-state index in [4.69, 9.17) is 9.47 Å². The summed E-state index contributed by atoms with van der Waals surface area (Å²) >= 11 is 0. The van der Waals surface area contributed by atoms with Gasteiger partial charge >= 0.3 is 0 Å². The summed E-state index contributed by atoms with van der Waals surface area (Å²) in [6.45, 7) is 0. The fourth-order valence-corrected chi connectivity index (χ4v) is 6.30. The first-order valence-corrected chi connectivity index (χ1v) is 11.4. The summed E-state index contributed by atoms with van der Waals surface area (Å²) in [7, 11) is 3.54. The lowest BCUT2D eigenvalue weighted by atomic mass is 9.55. The van der Waals surface area contributed by atoms with Crippen molar-refractivity contribution in [3.63, 3.8) is 0 Å². The second-order valence-electron chi connectivity index (χ2n) is 9.05.